The normalized spacial score (nSPS) is 10.5. The minimum atomic E-state index is -0.713. The zero-order chi connectivity index (χ0) is 15.4. The van der Waals surface area contributed by atoms with Crippen molar-refractivity contribution >= 4 is 17.3 Å². The molecule has 0 unspecified atom stereocenters. The summed E-state index contributed by atoms with van der Waals surface area (Å²) in [6.45, 7) is 6.46. The van der Waals surface area contributed by atoms with E-state index >= 15 is 0 Å². The Morgan fingerprint density at radius 1 is 1.10 bits per heavy atom. The standard InChI is InChI=1S/C16H19F2N3/c1-4-8-19-15-12(17)9-13(18)16(21-15)20-14-7-5-6-10(2)11(14)3/h5-7,9H,4,8H2,1-3H3,(H2,19,20,21). The lowest BCUT2D eigenvalue weighted by Gasteiger charge is -2.13. The Morgan fingerprint density at radius 2 is 1.81 bits per heavy atom. The first kappa shape index (κ1) is 15.2. The van der Waals surface area contributed by atoms with Crippen LogP contribution >= 0.6 is 0 Å². The molecule has 1 aromatic heterocycles. The van der Waals surface area contributed by atoms with E-state index < -0.39 is 11.6 Å². The van der Waals surface area contributed by atoms with Gasteiger partial charge in [-0.05, 0) is 37.5 Å². The Labute approximate surface area is 123 Å². The summed E-state index contributed by atoms with van der Waals surface area (Å²) in [6.07, 6.45) is 0.832. The number of aryl methyl sites for hydroxylation is 1. The summed E-state index contributed by atoms with van der Waals surface area (Å²) in [7, 11) is 0. The van der Waals surface area contributed by atoms with E-state index in [9.17, 15) is 8.78 Å². The third-order valence-electron chi connectivity index (χ3n) is 3.33. The van der Waals surface area contributed by atoms with Crippen molar-refractivity contribution in [3.05, 3.63) is 47.0 Å². The minimum Gasteiger partial charge on any atom is -0.368 e. The summed E-state index contributed by atoms with van der Waals surface area (Å²) < 4.78 is 27.5. The first-order valence-electron chi connectivity index (χ1n) is 6.96. The van der Waals surface area contributed by atoms with Crippen LogP contribution in [-0.4, -0.2) is 11.5 Å². The Kier molecular flexibility index (Phi) is 4.73. The highest BCUT2D eigenvalue weighted by molar-refractivity contribution is 5.63. The number of aromatic nitrogens is 1. The monoisotopic (exact) mass is 291 g/mol. The first-order valence-corrected chi connectivity index (χ1v) is 6.96. The zero-order valence-corrected chi connectivity index (χ0v) is 12.4. The van der Waals surface area contributed by atoms with Crippen LogP contribution in [0.1, 0.15) is 24.5 Å². The van der Waals surface area contributed by atoms with Crippen LogP contribution in [0.4, 0.5) is 26.1 Å². The van der Waals surface area contributed by atoms with Gasteiger partial charge in [-0.15, -0.1) is 0 Å². The molecule has 0 saturated heterocycles. The molecule has 0 saturated carbocycles. The summed E-state index contributed by atoms with van der Waals surface area (Å²) in [6, 6.07) is 6.54. The van der Waals surface area contributed by atoms with Crippen molar-refractivity contribution in [2.75, 3.05) is 17.2 Å². The smallest absolute Gasteiger partial charge is 0.169 e. The maximum Gasteiger partial charge on any atom is 0.169 e. The fourth-order valence-electron chi connectivity index (χ4n) is 1.94. The topological polar surface area (TPSA) is 37.0 Å². The van der Waals surface area contributed by atoms with Crippen LogP contribution in [0.3, 0.4) is 0 Å². The van der Waals surface area contributed by atoms with Crippen LogP contribution in [0.25, 0.3) is 0 Å². The van der Waals surface area contributed by atoms with Crippen LogP contribution in [-0.2, 0) is 0 Å². The number of benzene rings is 1. The number of hydrogen-bond donors (Lipinski definition) is 2. The molecule has 0 fully saturated rings. The highest BCUT2D eigenvalue weighted by Gasteiger charge is 2.12. The quantitative estimate of drug-likeness (QED) is 0.849. The van der Waals surface area contributed by atoms with Crippen LogP contribution in [0.5, 0.6) is 0 Å². The van der Waals surface area contributed by atoms with E-state index in [0.29, 0.717) is 6.54 Å². The summed E-state index contributed by atoms with van der Waals surface area (Å²) >= 11 is 0. The summed E-state index contributed by atoms with van der Waals surface area (Å²) in [4.78, 5) is 4.00. The fourth-order valence-corrected chi connectivity index (χ4v) is 1.94. The molecule has 0 atom stereocenters. The molecule has 1 heterocycles. The van der Waals surface area contributed by atoms with Gasteiger partial charge < -0.3 is 10.6 Å². The Morgan fingerprint density at radius 3 is 2.52 bits per heavy atom. The van der Waals surface area contributed by atoms with Crippen LogP contribution in [0, 0.1) is 25.5 Å². The molecule has 2 N–H and O–H groups in total. The van der Waals surface area contributed by atoms with Gasteiger partial charge in [0.2, 0.25) is 0 Å². The van der Waals surface area contributed by atoms with E-state index in [1.807, 2.05) is 39.0 Å². The van der Waals surface area contributed by atoms with Gasteiger partial charge in [-0.3, -0.25) is 0 Å². The molecular weight excluding hydrogens is 272 g/mol. The predicted molar refractivity (Wildman–Crippen MR) is 82.1 cm³/mol. The molecule has 21 heavy (non-hydrogen) atoms. The van der Waals surface area contributed by atoms with Gasteiger partial charge in [0.1, 0.15) is 0 Å². The van der Waals surface area contributed by atoms with Gasteiger partial charge in [0.05, 0.1) is 0 Å². The molecule has 2 aromatic rings. The lowest BCUT2D eigenvalue weighted by atomic mass is 10.1. The fraction of sp³-hybridized carbons (Fsp3) is 0.312. The summed E-state index contributed by atoms with van der Waals surface area (Å²) in [5.41, 5.74) is 2.85. The molecule has 0 aliphatic rings. The van der Waals surface area contributed by atoms with Gasteiger partial charge in [-0.2, -0.15) is 0 Å². The van der Waals surface area contributed by atoms with Gasteiger partial charge in [0.15, 0.2) is 23.3 Å². The molecular formula is C16H19F2N3. The number of pyridine rings is 1. The van der Waals surface area contributed by atoms with Gasteiger partial charge in [-0.1, -0.05) is 19.1 Å². The van der Waals surface area contributed by atoms with Gasteiger partial charge in [0, 0.05) is 18.3 Å². The van der Waals surface area contributed by atoms with E-state index in [2.05, 4.69) is 15.6 Å². The summed E-state index contributed by atoms with van der Waals surface area (Å²) in [5.74, 6) is -1.32. The molecule has 2 rings (SSSR count). The van der Waals surface area contributed by atoms with Crippen LogP contribution < -0.4 is 10.6 Å². The first-order chi connectivity index (χ1) is 10.0. The van der Waals surface area contributed by atoms with E-state index in [1.165, 1.54) is 0 Å². The van der Waals surface area contributed by atoms with Crippen molar-refractivity contribution in [1.82, 2.24) is 4.98 Å². The molecule has 0 bridgehead atoms. The molecule has 112 valence electrons. The van der Waals surface area contributed by atoms with E-state index in [1.54, 1.807) is 0 Å². The van der Waals surface area contributed by atoms with Gasteiger partial charge in [0.25, 0.3) is 0 Å². The van der Waals surface area contributed by atoms with E-state index in [0.717, 1.165) is 29.3 Å². The second-order valence-corrected chi connectivity index (χ2v) is 4.95. The third-order valence-corrected chi connectivity index (χ3v) is 3.33. The number of halogens is 2. The predicted octanol–water partition coefficient (Wildman–Crippen LogP) is 4.54. The number of nitrogens with one attached hydrogen (secondary N) is 2. The Balaban J connectivity index is 2.33. The highest BCUT2D eigenvalue weighted by atomic mass is 19.1. The van der Waals surface area contributed by atoms with E-state index in [4.69, 9.17) is 0 Å². The Bertz CT molecular complexity index is 642. The molecule has 0 aliphatic heterocycles. The number of rotatable bonds is 5. The largest absolute Gasteiger partial charge is 0.368 e. The minimum absolute atomic E-state index is 0.0173. The number of hydrogen-bond acceptors (Lipinski definition) is 3. The molecule has 3 nitrogen and oxygen atoms in total. The lowest BCUT2D eigenvalue weighted by Crippen LogP contribution is -2.08. The van der Waals surface area contributed by atoms with Crippen molar-refractivity contribution in [2.45, 2.75) is 27.2 Å². The lowest BCUT2D eigenvalue weighted by molar-refractivity contribution is 0.579. The van der Waals surface area contributed by atoms with Crippen molar-refractivity contribution in [2.24, 2.45) is 0 Å². The molecule has 0 spiro atoms. The van der Waals surface area contributed by atoms with Crippen LogP contribution in [0.15, 0.2) is 24.3 Å². The van der Waals surface area contributed by atoms with Crippen molar-refractivity contribution in [3.8, 4) is 0 Å². The van der Waals surface area contributed by atoms with Gasteiger partial charge >= 0.3 is 0 Å². The Hall–Kier alpha value is -2.17. The zero-order valence-electron chi connectivity index (χ0n) is 12.4. The van der Waals surface area contributed by atoms with Gasteiger partial charge in [-0.25, -0.2) is 13.8 Å². The molecule has 0 amide bonds. The average molecular weight is 291 g/mol. The molecule has 5 heteroatoms. The molecule has 1 aromatic carbocycles. The second-order valence-electron chi connectivity index (χ2n) is 4.95. The third kappa shape index (κ3) is 3.48. The SMILES string of the molecule is CCCNc1nc(Nc2cccc(C)c2C)c(F)cc1F. The van der Waals surface area contributed by atoms with Crippen molar-refractivity contribution in [1.29, 1.82) is 0 Å². The van der Waals surface area contributed by atoms with Crippen molar-refractivity contribution in [3.63, 3.8) is 0 Å². The maximum absolute atomic E-state index is 13.9. The number of anilines is 3. The van der Waals surface area contributed by atoms with E-state index in [-0.39, 0.29) is 11.6 Å². The maximum atomic E-state index is 13.9. The van der Waals surface area contributed by atoms with Crippen molar-refractivity contribution < 1.29 is 8.78 Å². The number of nitrogens with zero attached hydrogens (tertiary/aromatic N) is 1. The molecule has 0 radical (unpaired) electrons. The molecule has 0 aliphatic carbocycles. The highest BCUT2D eigenvalue weighted by Crippen LogP contribution is 2.25. The second kappa shape index (κ2) is 6.52. The average Bonchev–Trinajstić information content (AvgIpc) is 2.45. The van der Waals surface area contributed by atoms with Crippen LogP contribution in [0.2, 0.25) is 0 Å². The summed E-state index contributed by atoms with van der Waals surface area (Å²) in [5, 5.41) is 5.78.